The Morgan fingerprint density at radius 3 is 2.86 bits per heavy atom. The van der Waals surface area contributed by atoms with Crippen molar-refractivity contribution in [3.63, 3.8) is 0 Å². The van der Waals surface area contributed by atoms with Gasteiger partial charge in [0.1, 0.15) is 0 Å². The number of aromatic amines is 1. The third kappa shape index (κ3) is 3.47. The lowest BCUT2D eigenvalue weighted by Crippen LogP contribution is -2.18. The molecule has 114 valence electrons. The number of aromatic nitrogens is 2. The molecule has 2 rings (SSSR count). The van der Waals surface area contributed by atoms with E-state index in [0.717, 1.165) is 18.0 Å². The van der Waals surface area contributed by atoms with Crippen LogP contribution in [0.4, 0.5) is 5.69 Å². The Balaban J connectivity index is 2.17. The number of rotatable bonds is 4. The second-order valence-electron chi connectivity index (χ2n) is 4.26. The van der Waals surface area contributed by atoms with Crippen LogP contribution in [0, 0.1) is 17.0 Å². The maximum atomic E-state index is 11.7. The molecular weight excluding hydrogens is 358 g/mol. The van der Waals surface area contributed by atoms with Gasteiger partial charge in [-0.15, -0.1) is 0 Å². The molecular formula is C12H10BrN5O4. The fourth-order valence-electron chi connectivity index (χ4n) is 1.60. The Kier molecular flexibility index (Phi) is 4.51. The van der Waals surface area contributed by atoms with Crippen LogP contribution in [-0.2, 0) is 0 Å². The number of phenols is 1. The van der Waals surface area contributed by atoms with Gasteiger partial charge in [0.05, 0.1) is 11.1 Å². The molecule has 0 aliphatic carbocycles. The molecule has 9 nitrogen and oxygen atoms in total. The number of hydrogen-bond acceptors (Lipinski definition) is 6. The van der Waals surface area contributed by atoms with Crippen LogP contribution >= 0.6 is 15.9 Å². The van der Waals surface area contributed by atoms with Crippen LogP contribution in [0.5, 0.6) is 5.75 Å². The summed E-state index contributed by atoms with van der Waals surface area (Å²) in [4.78, 5) is 21.8. The average Bonchev–Trinajstić information content (AvgIpc) is 2.88. The van der Waals surface area contributed by atoms with Crippen LogP contribution in [0.3, 0.4) is 0 Å². The number of aryl methyl sites for hydroxylation is 1. The van der Waals surface area contributed by atoms with Crippen LogP contribution in [0.2, 0.25) is 0 Å². The Bertz CT molecular complexity index is 771. The summed E-state index contributed by atoms with van der Waals surface area (Å²) < 4.78 is 0.396. The average molecular weight is 368 g/mol. The number of nitro benzene ring substituents is 1. The normalized spacial score (nSPS) is 10.8. The molecule has 0 radical (unpaired) electrons. The predicted molar refractivity (Wildman–Crippen MR) is 80.8 cm³/mol. The number of aromatic hydroxyl groups is 1. The van der Waals surface area contributed by atoms with Crippen molar-refractivity contribution < 1.29 is 14.8 Å². The van der Waals surface area contributed by atoms with Gasteiger partial charge in [-0.2, -0.15) is 10.2 Å². The molecule has 0 bridgehead atoms. The van der Waals surface area contributed by atoms with E-state index < -0.39 is 22.3 Å². The van der Waals surface area contributed by atoms with Gasteiger partial charge in [-0.25, -0.2) is 5.43 Å². The van der Waals surface area contributed by atoms with E-state index in [4.69, 9.17) is 0 Å². The van der Waals surface area contributed by atoms with Crippen molar-refractivity contribution in [1.82, 2.24) is 15.6 Å². The number of amides is 1. The van der Waals surface area contributed by atoms with Crippen molar-refractivity contribution in [1.29, 1.82) is 0 Å². The minimum Gasteiger partial charge on any atom is -0.502 e. The smallest absolute Gasteiger partial charge is 0.312 e. The first-order valence-corrected chi connectivity index (χ1v) is 6.70. The zero-order valence-electron chi connectivity index (χ0n) is 11.2. The number of hydrazone groups is 1. The number of nitrogens with zero attached hydrogens (tertiary/aromatic N) is 3. The number of phenolic OH excluding ortho intramolecular Hbond substituents is 1. The summed E-state index contributed by atoms with van der Waals surface area (Å²) in [5.74, 6) is -1.09. The van der Waals surface area contributed by atoms with Gasteiger partial charge in [-0.05, 0) is 19.1 Å². The summed E-state index contributed by atoms with van der Waals surface area (Å²) in [7, 11) is 0. The molecule has 0 fully saturated rings. The van der Waals surface area contributed by atoms with Gasteiger partial charge in [0.25, 0.3) is 5.91 Å². The lowest BCUT2D eigenvalue weighted by Gasteiger charge is -2.01. The lowest BCUT2D eigenvalue weighted by molar-refractivity contribution is -0.385. The van der Waals surface area contributed by atoms with Crippen LogP contribution in [0.15, 0.2) is 27.8 Å². The van der Waals surface area contributed by atoms with Gasteiger partial charge >= 0.3 is 5.69 Å². The molecule has 3 N–H and O–H groups in total. The third-order valence-corrected chi connectivity index (χ3v) is 3.05. The van der Waals surface area contributed by atoms with Gasteiger partial charge in [0.15, 0.2) is 5.69 Å². The summed E-state index contributed by atoms with van der Waals surface area (Å²) in [5.41, 5.74) is 2.69. The molecule has 0 aliphatic rings. The van der Waals surface area contributed by atoms with Gasteiger partial charge < -0.3 is 5.11 Å². The topological polar surface area (TPSA) is 134 Å². The predicted octanol–water partition coefficient (Wildman–Crippen LogP) is 1.86. The molecule has 1 amide bonds. The first kappa shape index (κ1) is 15.6. The molecule has 1 aromatic carbocycles. The summed E-state index contributed by atoms with van der Waals surface area (Å²) in [5, 5.41) is 30.6. The number of benzene rings is 1. The van der Waals surface area contributed by atoms with Crippen molar-refractivity contribution in [2.75, 3.05) is 0 Å². The first-order chi connectivity index (χ1) is 10.4. The molecule has 1 heterocycles. The van der Waals surface area contributed by atoms with E-state index in [2.05, 4.69) is 36.7 Å². The quantitative estimate of drug-likeness (QED) is 0.430. The van der Waals surface area contributed by atoms with Gasteiger partial charge in [0.2, 0.25) is 5.75 Å². The molecule has 0 saturated heterocycles. The number of nitrogens with one attached hydrogen (secondary N) is 2. The number of H-pyrrole nitrogens is 1. The number of halogens is 1. The second kappa shape index (κ2) is 6.35. The number of hydrogen-bond donors (Lipinski definition) is 3. The Morgan fingerprint density at radius 1 is 1.55 bits per heavy atom. The van der Waals surface area contributed by atoms with E-state index in [9.17, 15) is 20.0 Å². The molecule has 0 atom stereocenters. The van der Waals surface area contributed by atoms with Crippen molar-refractivity contribution in [2.24, 2.45) is 5.10 Å². The summed E-state index contributed by atoms with van der Waals surface area (Å²) in [6.07, 6.45) is 1.10. The minimum atomic E-state index is -0.720. The van der Waals surface area contributed by atoms with Crippen LogP contribution in [0.1, 0.15) is 21.7 Å². The van der Waals surface area contributed by atoms with Gasteiger partial charge in [-0.1, -0.05) is 15.9 Å². The summed E-state index contributed by atoms with van der Waals surface area (Å²) in [6, 6.07) is 4.13. The van der Waals surface area contributed by atoms with E-state index >= 15 is 0 Å². The molecule has 22 heavy (non-hydrogen) atoms. The number of nitro groups is 1. The van der Waals surface area contributed by atoms with Crippen LogP contribution in [0.25, 0.3) is 0 Å². The molecule has 1 aromatic heterocycles. The molecule has 0 aliphatic heterocycles. The Morgan fingerprint density at radius 2 is 2.27 bits per heavy atom. The third-order valence-electron chi connectivity index (χ3n) is 2.59. The number of carbonyl (C=O) groups is 1. The molecule has 0 unspecified atom stereocenters. The fourth-order valence-corrected chi connectivity index (χ4v) is 2.06. The monoisotopic (exact) mass is 367 g/mol. The Labute approximate surface area is 132 Å². The van der Waals surface area contributed by atoms with Crippen LogP contribution < -0.4 is 5.43 Å². The van der Waals surface area contributed by atoms with Gasteiger partial charge in [-0.3, -0.25) is 20.0 Å². The maximum Gasteiger partial charge on any atom is 0.312 e. The second-order valence-corrected chi connectivity index (χ2v) is 5.17. The SMILES string of the molecule is Cc1cc(C(=O)N/N=C/c2cc(Br)cc([N+](=O)[O-])c2O)n[nH]1. The molecule has 0 saturated carbocycles. The van der Waals surface area contributed by atoms with E-state index in [1.54, 1.807) is 6.92 Å². The van der Waals surface area contributed by atoms with E-state index in [-0.39, 0.29) is 11.3 Å². The Hall–Kier alpha value is -2.75. The zero-order valence-corrected chi connectivity index (χ0v) is 12.8. The highest BCUT2D eigenvalue weighted by Gasteiger charge is 2.17. The first-order valence-electron chi connectivity index (χ1n) is 5.91. The lowest BCUT2D eigenvalue weighted by atomic mass is 10.2. The van der Waals surface area contributed by atoms with Crippen molar-refractivity contribution in [2.45, 2.75) is 6.92 Å². The molecule has 2 aromatic rings. The van der Waals surface area contributed by atoms with Crippen LogP contribution in [-0.4, -0.2) is 32.3 Å². The van der Waals surface area contributed by atoms with Crippen molar-refractivity contribution in [3.8, 4) is 5.75 Å². The van der Waals surface area contributed by atoms with Crippen molar-refractivity contribution >= 4 is 33.7 Å². The van der Waals surface area contributed by atoms with Crippen molar-refractivity contribution in [3.05, 3.63) is 49.7 Å². The highest BCUT2D eigenvalue weighted by atomic mass is 79.9. The highest BCUT2D eigenvalue weighted by Crippen LogP contribution is 2.32. The fraction of sp³-hybridized carbons (Fsp3) is 0.0833. The largest absolute Gasteiger partial charge is 0.502 e. The zero-order chi connectivity index (χ0) is 16.3. The summed E-state index contributed by atoms with van der Waals surface area (Å²) >= 11 is 3.10. The summed E-state index contributed by atoms with van der Waals surface area (Å²) in [6.45, 7) is 1.74. The standard InChI is InChI=1S/C12H10BrN5O4/c1-6-2-9(16-15-6)12(20)17-14-5-7-3-8(13)4-10(11(7)19)18(21)22/h2-5,19H,1H3,(H,15,16)(H,17,20)/b14-5+. The van der Waals surface area contributed by atoms with E-state index in [1.807, 2.05) is 0 Å². The van der Waals surface area contributed by atoms with E-state index in [0.29, 0.717) is 4.47 Å². The van der Waals surface area contributed by atoms with Gasteiger partial charge in [0, 0.05) is 21.8 Å². The molecule has 0 spiro atoms. The molecule has 10 heteroatoms. The number of carbonyl (C=O) groups excluding carboxylic acids is 1. The maximum absolute atomic E-state index is 11.7. The highest BCUT2D eigenvalue weighted by molar-refractivity contribution is 9.10. The minimum absolute atomic E-state index is 0.0829. The van der Waals surface area contributed by atoms with E-state index in [1.165, 1.54) is 12.1 Å².